The van der Waals surface area contributed by atoms with Crippen molar-refractivity contribution in [1.82, 2.24) is 5.32 Å². The van der Waals surface area contributed by atoms with Gasteiger partial charge in [0.25, 0.3) is 5.91 Å². The number of carbonyl (C=O) groups is 1. The maximum Gasteiger partial charge on any atom is 0.287 e. The van der Waals surface area contributed by atoms with Crippen LogP contribution in [0.4, 0.5) is 0 Å². The third-order valence-electron chi connectivity index (χ3n) is 4.19. The highest BCUT2D eigenvalue weighted by Crippen LogP contribution is 2.24. The number of carbonyl (C=O) groups excluding carboxylic acids is 1. The van der Waals surface area contributed by atoms with Crippen LogP contribution < -0.4 is 10.1 Å². The maximum absolute atomic E-state index is 12.4. The van der Waals surface area contributed by atoms with Crippen LogP contribution in [-0.4, -0.2) is 37.4 Å². The number of rotatable bonds is 9. The molecule has 146 valence electrons. The second kappa shape index (κ2) is 9.73. The molecule has 3 rings (SSSR count). The summed E-state index contributed by atoms with van der Waals surface area (Å²) in [5.74, 6) is 0.620. The van der Waals surface area contributed by atoms with E-state index in [1.807, 2.05) is 54.6 Å². The molecule has 0 saturated carbocycles. The largest absolute Gasteiger partial charge is 0.497 e. The van der Waals surface area contributed by atoms with E-state index in [0.717, 1.165) is 16.9 Å². The van der Waals surface area contributed by atoms with Crippen molar-refractivity contribution in [1.29, 1.82) is 0 Å². The Kier molecular flexibility index (Phi) is 6.84. The van der Waals surface area contributed by atoms with Crippen LogP contribution in [0.2, 0.25) is 0 Å². The Balaban J connectivity index is 1.45. The van der Waals surface area contributed by atoms with Crippen molar-refractivity contribution in [3.05, 3.63) is 78.3 Å². The van der Waals surface area contributed by atoms with E-state index in [0.29, 0.717) is 12.2 Å². The Labute approximate surface area is 163 Å². The average molecular weight is 381 g/mol. The number of nitrogens with one attached hydrogen (secondary N) is 1. The molecule has 2 N–H and O–H groups in total. The topological polar surface area (TPSA) is 80.9 Å². The van der Waals surface area contributed by atoms with Crippen molar-refractivity contribution >= 4 is 5.91 Å². The summed E-state index contributed by atoms with van der Waals surface area (Å²) in [5, 5.41) is 12.7. The molecule has 0 bridgehead atoms. The first-order valence-electron chi connectivity index (χ1n) is 8.97. The van der Waals surface area contributed by atoms with Gasteiger partial charge in [0.2, 0.25) is 0 Å². The lowest BCUT2D eigenvalue weighted by Crippen LogP contribution is -2.34. The lowest BCUT2D eigenvalue weighted by molar-refractivity contribution is 0.0283. The molecule has 6 heteroatoms. The van der Waals surface area contributed by atoms with Gasteiger partial charge in [-0.25, -0.2) is 0 Å². The van der Waals surface area contributed by atoms with E-state index >= 15 is 0 Å². The molecular formula is C22H23NO5. The zero-order valence-corrected chi connectivity index (χ0v) is 15.6. The van der Waals surface area contributed by atoms with Gasteiger partial charge < -0.3 is 24.3 Å². The molecule has 1 heterocycles. The summed E-state index contributed by atoms with van der Waals surface area (Å²) in [6.45, 7) is 0.539. The Morgan fingerprint density at radius 2 is 1.86 bits per heavy atom. The van der Waals surface area contributed by atoms with Crippen molar-refractivity contribution in [2.24, 2.45) is 0 Å². The lowest BCUT2D eigenvalue weighted by Gasteiger charge is -2.12. The monoisotopic (exact) mass is 381 g/mol. The number of amides is 1. The summed E-state index contributed by atoms with van der Waals surface area (Å²) in [4.78, 5) is 12.4. The van der Waals surface area contributed by atoms with Gasteiger partial charge in [-0.05, 0) is 29.3 Å². The third-order valence-corrected chi connectivity index (χ3v) is 4.19. The lowest BCUT2D eigenvalue weighted by atomic mass is 10.1. The van der Waals surface area contributed by atoms with Crippen LogP contribution in [-0.2, 0) is 11.3 Å². The summed E-state index contributed by atoms with van der Waals surface area (Å²) in [6, 6.07) is 18.8. The number of furan rings is 1. The van der Waals surface area contributed by atoms with Crippen molar-refractivity contribution in [3.8, 4) is 16.9 Å². The molecule has 3 aromatic rings. The summed E-state index contributed by atoms with van der Waals surface area (Å²) in [5.41, 5.74) is 2.58. The number of hydrogen-bond acceptors (Lipinski definition) is 5. The Morgan fingerprint density at radius 3 is 2.57 bits per heavy atom. The van der Waals surface area contributed by atoms with Gasteiger partial charge in [-0.1, -0.05) is 42.5 Å². The quantitative estimate of drug-likeness (QED) is 0.595. The smallest absolute Gasteiger partial charge is 0.287 e. The van der Waals surface area contributed by atoms with Gasteiger partial charge in [0.15, 0.2) is 5.76 Å². The minimum atomic E-state index is -0.822. The van der Waals surface area contributed by atoms with Gasteiger partial charge in [0.1, 0.15) is 5.75 Å². The van der Waals surface area contributed by atoms with Crippen LogP contribution in [0.15, 0.2) is 71.3 Å². The first kappa shape index (κ1) is 19.7. The van der Waals surface area contributed by atoms with E-state index in [9.17, 15) is 9.90 Å². The second-order valence-electron chi connectivity index (χ2n) is 6.26. The second-order valence-corrected chi connectivity index (χ2v) is 6.26. The summed E-state index contributed by atoms with van der Waals surface area (Å²) >= 11 is 0. The molecule has 0 saturated heterocycles. The maximum atomic E-state index is 12.4. The molecule has 0 radical (unpaired) electrons. The molecule has 0 aliphatic heterocycles. The molecule has 1 amide bonds. The van der Waals surface area contributed by atoms with Crippen molar-refractivity contribution in [2.75, 3.05) is 20.3 Å². The fourth-order valence-electron chi connectivity index (χ4n) is 2.71. The van der Waals surface area contributed by atoms with Crippen LogP contribution in [0, 0.1) is 0 Å². The predicted octanol–water partition coefficient (Wildman–Crippen LogP) is 3.26. The minimum Gasteiger partial charge on any atom is -0.497 e. The van der Waals surface area contributed by atoms with E-state index in [1.165, 1.54) is 6.26 Å². The molecule has 0 fully saturated rings. The van der Waals surface area contributed by atoms with E-state index in [-0.39, 0.29) is 24.8 Å². The Hall–Kier alpha value is -3.09. The standard InChI is InChI=1S/C22H23NO5/c1-26-19-9-7-16(8-10-19)14-27-15-18(24)13-23-22(25)21-20(11-12-28-21)17-5-3-2-4-6-17/h2-12,18,24H,13-15H2,1H3,(H,23,25). The molecule has 1 aromatic heterocycles. The molecule has 1 unspecified atom stereocenters. The van der Waals surface area contributed by atoms with Crippen molar-refractivity contribution in [3.63, 3.8) is 0 Å². The first-order valence-corrected chi connectivity index (χ1v) is 8.97. The summed E-state index contributed by atoms with van der Waals surface area (Å²) in [6.07, 6.45) is 0.656. The van der Waals surface area contributed by atoms with E-state index in [4.69, 9.17) is 13.9 Å². The predicted molar refractivity (Wildman–Crippen MR) is 105 cm³/mol. The number of hydrogen-bond donors (Lipinski definition) is 2. The van der Waals surface area contributed by atoms with Gasteiger partial charge in [-0.2, -0.15) is 0 Å². The number of methoxy groups -OCH3 is 1. The molecule has 0 aliphatic rings. The van der Waals surface area contributed by atoms with E-state index < -0.39 is 6.10 Å². The molecule has 6 nitrogen and oxygen atoms in total. The van der Waals surface area contributed by atoms with Crippen LogP contribution in [0.5, 0.6) is 5.75 Å². The average Bonchev–Trinajstić information content (AvgIpc) is 3.23. The zero-order chi connectivity index (χ0) is 19.8. The highest BCUT2D eigenvalue weighted by molar-refractivity contribution is 5.98. The fourth-order valence-corrected chi connectivity index (χ4v) is 2.71. The van der Waals surface area contributed by atoms with Crippen molar-refractivity contribution in [2.45, 2.75) is 12.7 Å². The highest BCUT2D eigenvalue weighted by atomic mass is 16.5. The Bertz CT molecular complexity index is 873. The normalized spacial score (nSPS) is 11.8. The number of benzene rings is 2. The fraction of sp³-hybridized carbons (Fsp3) is 0.227. The molecule has 0 aliphatic carbocycles. The minimum absolute atomic E-state index is 0.0658. The number of aliphatic hydroxyl groups excluding tert-OH is 1. The van der Waals surface area contributed by atoms with Crippen LogP contribution >= 0.6 is 0 Å². The van der Waals surface area contributed by atoms with Gasteiger partial charge in [-0.3, -0.25) is 4.79 Å². The molecule has 28 heavy (non-hydrogen) atoms. The van der Waals surface area contributed by atoms with Gasteiger partial charge in [0.05, 0.1) is 32.7 Å². The molecule has 1 atom stereocenters. The van der Waals surface area contributed by atoms with Crippen LogP contribution in [0.1, 0.15) is 16.1 Å². The SMILES string of the molecule is COc1ccc(COCC(O)CNC(=O)c2occc2-c2ccccc2)cc1. The van der Waals surface area contributed by atoms with Gasteiger partial charge in [0, 0.05) is 12.1 Å². The summed E-state index contributed by atoms with van der Waals surface area (Å²) < 4.78 is 15.9. The summed E-state index contributed by atoms with van der Waals surface area (Å²) in [7, 11) is 1.61. The van der Waals surface area contributed by atoms with Gasteiger partial charge >= 0.3 is 0 Å². The molecule has 2 aromatic carbocycles. The van der Waals surface area contributed by atoms with Crippen molar-refractivity contribution < 1.29 is 23.8 Å². The van der Waals surface area contributed by atoms with Gasteiger partial charge in [-0.15, -0.1) is 0 Å². The van der Waals surface area contributed by atoms with Crippen LogP contribution in [0.25, 0.3) is 11.1 Å². The van der Waals surface area contributed by atoms with Crippen LogP contribution in [0.3, 0.4) is 0 Å². The molecule has 0 spiro atoms. The third kappa shape index (κ3) is 5.22. The highest BCUT2D eigenvalue weighted by Gasteiger charge is 2.17. The van der Waals surface area contributed by atoms with E-state index in [2.05, 4.69) is 5.32 Å². The zero-order valence-electron chi connectivity index (χ0n) is 15.6. The first-order chi connectivity index (χ1) is 13.7. The van der Waals surface area contributed by atoms with E-state index in [1.54, 1.807) is 13.2 Å². The number of ether oxygens (including phenoxy) is 2. The number of aliphatic hydroxyl groups is 1. The molecular weight excluding hydrogens is 358 g/mol. The Morgan fingerprint density at radius 1 is 1.11 bits per heavy atom.